The van der Waals surface area contributed by atoms with Gasteiger partial charge in [0.15, 0.2) is 16.6 Å². The van der Waals surface area contributed by atoms with E-state index in [4.69, 9.17) is 51.6 Å². The predicted molar refractivity (Wildman–Crippen MR) is 332 cm³/mol. The van der Waals surface area contributed by atoms with Crippen molar-refractivity contribution in [1.82, 2.24) is 15.6 Å². The number of thioether (sulfide) groups is 2. The van der Waals surface area contributed by atoms with Gasteiger partial charge in [0.2, 0.25) is 9.20 Å². The fourth-order valence-electron chi connectivity index (χ4n) is 8.29. The normalized spacial score (nSPS) is 15.7. The number of hydrogen-bond donors (Lipinski definition) is 9. The van der Waals surface area contributed by atoms with E-state index in [1.54, 1.807) is 23.5 Å². The van der Waals surface area contributed by atoms with E-state index in [-0.39, 0.29) is 104 Å². The van der Waals surface area contributed by atoms with Gasteiger partial charge in [0.25, 0.3) is 0 Å². The summed E-state index contributed by atoms with van der Waals surface area (Å²) in [6.45, 7) is 31.3. The number of likely N-dealkylation sites (N-methyl/N-ethyl adjacent to an activating group) is 1. The summed E-state index contributed by atoms with van der Waals surface area (Å²) in [6, 6.07) is 14.6. The quantitative estimate of drug-likeness (QED) is 0.0111. The van der Waals surface area contributed by atoms with Crippen LogP contribution < -0.4 is 37.6 Å². The summed E-state index contributed by atoms with van der Waals surface area (Å²) >= 11 is 3.27. The SMILES string of the molecule is C=C(O)COCCC[SiH](NC(C)COCC(C)N)O[Si](O[Si](C)(C)CCCOCC(O)CNc1c(SC)cc(SC)c(N)c1C)(O[Si](C)(C)O[Si](C)(C)CCCOCC(O)CNC(C)COCC(C)NC)c1ccccc1.[W].[Y]. The number of ether oxygens (including phenoxy) is 5. The van der Waals surface area contributed by atoms with Gasteiger partial charge >= 0.3 is 17.4 Å². The van der Waals surface area contributed by atoms with Crippen LogP contribution in [0.1, 0.15) is 52.5 Å². The largest absolute Gasteiger partial charge is 0.510 e. The molecular weight excluding hydrogens is 1380 g/mol. The third-order valence-electron chi connectivity index (χ3n) is 12.2. The van der Waals surface area contributed by atoms with Gasteiger partial charge in [-0.15, -0.1) is 23.5 Å². The first-order chi connectivity index (χ1) is 36.3. The molecule has 18 nitrogen and oxygen atoms in total. The molecule has 79 heavy (non-hydrogen) atoms. The zero-order valence-electron chi connectivity index (χ0n) is 50.4. The van der Waals surface area contributed by atoms with Crippen molar-refractivity contribution in [3.05, 3.63) is 54.3 Å². The van der Waals surface area contributed by atoms with Crippen molar-refractivity contribution in [2.45, 2.75) is 157 Å². The van der Waals surface area contributed by atoms with E-state index in [9.17, 15) is 15.3 Å². The second-order valence-electron chi connectivity index (χ2n) is 21.9. The Kier molecular flexibility index (Phi) is 42.7. The van der Waals surface area contributed by atoms with E-state index < -0.39 is 55.4 Å². The molecule has 0 amide bonds. The molecule has 2 aromatic carbocycles. The molecule has 0 aliphatic rings. The van der Waals surface area contributed by atoms with Crippen molar-refractivity contribution < 1.29 is 109 Å². The van der Waals surface area contributed by atoms with Gasteiger partial charge in [0.05, 0.1) is 63.2 Å². The van der Waals surface area contributed by atoms with Gasteiger partial charge < -0.3 is 87.9 Å². The van der Waals surface area contributed by atoms with Crippen molar-refractivity contribution >= 4 is 83.3 Å². The fraction of sp³-hybridized carbons (Fsp3) is 0.731. The first-order valence-corrected chi connectivity index (χ1v) is 42.5. The maximum atomic E-state index is 11.0. The molecule has 455 valence electrons. The Balaban J connectivity index is 0.0000304. The van der Waals surface area contributed by atoms with Crippen LogP contribution in [-0.2, 0) is 93.9 Å². The molecule has 0 aliphatic heterocycles. The Morgan fingerprint density at radius 2 is 1.27 bits per heavy atom. The van der Waals surface area contributed by atoms with Gasteiger partial charge in [-0.3, -0.25) is 0 Å². The maximum absolute atomic E-state index is 11.0. The summed E-state index contributed by atoms with van der Waals surface area (Å²) in [5, 5.41) is 42.2. The van der Waals surface area contributed by atoms with Crippen LogP contribution in [0.2, 0.25) is 57.4 Å². The molecular formula is C52H104N6O12S2Si5WY. The second-order valence-corrected chi connectivity index (χ2v) is 41.4. The summed E-state index contributed by atoms with van der Waals surface area (Å²) in [5.41, 5.74) is 15.1. The average Bonchev–Trinajstić information content (AvgIpc) is 3.34. The maximum Gasteiger partial charge on any atom is 0.508 e. The van der Waals surface area contributed by atoms with Crippen LogP contribution in [0, 0.1) is 6.92 Å². The van der Waals surface area contributed by atoms with Crippen LogP contribution in [0.5, 0.6) is 0 Å². The van der Waals surface area contributed by atoms with E-state index >= 15 is 0 Å². The predicted octanol–water partition coefficient (Wildman–Crippen LogP) is 6.63. The average molecular weight is 1480 g/mol. The number of rotatable bonds is 46. The Labute approximate surface area is 530 Å². The summed E-state index contributed by atoms with van der Waals surface area (Å²) in [4.78, 5) is 5.94. The zero-order chi connectivity index (χ0) is 57.7. The molecule has 8 atom stereocenters. The van der Waals surface area contributed by atoms with Crippen LogP contribution in [0.25, 0.3) is 0 Å². The van der Waals surface area contributed by atoms with Crippen LogP contribution in [0.4, 0.5) is 11.4 Å². The van der Waals surface area contributed by atoms with Crippen molar-refractivity contribution in [3.63, 3.8) is 0 Å². The van der Waals surface area contributed by atoms with Crippen molar-refractivity contribution in [1.29, 1.82) is 0 Å². The van der Waals surface area contributed by atoms with Gasteiger partial charge in [0, 0.05) is 126 Å². The van der Waals surface area contributed by atoms with E-state index in [0.717, 1.165) is 50.4 Å². The van der Waals surface area contributed by atoms with Gasteiger partial charge in [-0.1, -0.05) is 36.9 Å². The molecule has 1 radical (unpaired) electrons. The van der Waals surface area contributed by atoms with Crippen molar-refractivity contribution in [2.75, 3.05) is 110 Å². The molecule has 0 saturated heterocycles. The van der Waals surface area contributed by atoms with Crippen molar-refractivity contribution in [2.24, 2.45) is 5.73 Å². The number of nitrogen functional groups attached to an aromatic ring is 1. The molecule has 11 N–H and O–H groups in total. The first kappa shape index (κ1) is 79.6. The molecule has 0 saturated carbocycles. The number of anilines is 2. The summed E-state index contributed by atoms with van der Waals surface area (Å²) < 4.78 is 59.6. The molecule has 0 aliphatic carbocycles. The summed E-state index contributed by atoms with van der Waals surface area (Å²) in [5.74, 6) is -0.0225. The van der Waals surface area contributed by atoms with Gasteiger partial charge in [-0.05, 0) is 142 Å². The molecule has 27 heteroatoms. The minimum Gasteiger partial charge on any atom is -0.510 e. The fourth-order valence-corrected chi connectivity index (χ4v) is 31.4. The molecule has 0 aromatic heterocycles. The van der Waals surface area contributed by atoms with E-state index in [1.807, 2.05) is 58.5 Å². The number of benzene rings is 2. The van der Waals surface area contributed by atoms with Crippen molar-refractivity contribution in [3.8, 4) is 0 Å². The van der Waals surface area contributed by atoms with Crippen LogP contribution in [0.3, 0.4) is 0 Å². The number of nitrogens with two attached hydrogens (primary N) is 2. The molecule has 0 spiro atoms. The van der Waals surface area contributed by atoms with Crippen LogP contribution >= 0.6 is 23.5 Å². The Hall–Kier alpha value is 0.557. The van der Waals surface area contributed by atoms with Gasteiger partial charge in [-0.2, -0.15) is 0 Å². The third-order valence-corrected chi connectivity index (χ3v) is 32.6. The molecule has 0 heterocycles. The first-order valence-electron chi connectivity index (χ1n) is 27.4. The summed E-state index contributed by atoms with van der Waals surface area (Å²) in [7, 11) is -12.5. The van der Waals surface area contributed by atoms with Crippen LogP contribution in [-0.4, -0.2) is 194 Å². The topological polar surface area (TPSA) is 244 Å². The minimum absolute atomic E-state index is 0. The molecule has 2 aromatic rings. The third kappa shape index (κ3) is 34.5. The summed E-state index contributed by atoms with van der Waals surface area (Å²) in [6.07, 6.45) is 4.83. The number of hydrogen-bond acceptors (Lipinski definition) is 20. The molecule has 0 fully saturated rings. The standard InChI is InChI=1S/C52H104N6O12S2Si5.W.Y/c1-40(53)33-65-36-43(4)58-73(27-19-24-62-37-44(5)59)67-77(48-22-17-16-18-23-48,69-75(12,13)29-21-26-64-39-47(61)32-57-52-45(6)51(54)49(71-8)30-50(52)72-9)70-76(14,15)68-74(10,11)28-20-25-63-38-46(60)31-56-42(3)35-66-34-41(2)55-7;;/h16-18,22-23,30,40-43,46-47,55-61,73H,5,19-21,24-29,31-39,53-54H2,1-4,6-15H3;;. The van der Waals surface area contributed by atoms with Gasteiger partial charge in [0.1, 0.15) is 12.4 Å². The monoisotopic (exact) mass is 1480 g/mol. The zero-order valence-corrected chi connectivity index (χ0v) is 63.0. The van der Waals surface area contributed by atoms with E-state index in [1.165, 1.54) is 0 Å². The van der Waals surface area contributed by atoms with E-state index in [2.05, 4.69) is 98.8 Å². The molecule has 2 rings (SSSR count). The smallest absolute Gasteiger partial charge is 0.508 e. The Bertz CT molecular complexity index is 1950. The Morgan fingerprint density at radius 1 is 0.722 bits per heavy atom. The number of aliphatic hydroxyl groups excluding tert-OH is 3. The van der Waals surface area contributed by atoms with Crippen LogP contribution in [0.15, 0.2) is 58.5 Å². The van der Waals surface area contributed by atoms with E-state index in [0.29, 0.717) is 78.2 Å². The molecule has 8 unspecified atom stereocenters. The van der Waals surface area contributed by atoms with Gasteiger partial charge in [-0.25, -0.2) is 0 Å². The Morgan fingerprint density at radius 3 is 1.84 bits per heavy atom. The minimum atomic E-state index is -3.85. The second kappa shape index (κ2) is 42.4. The number of aliphatic hydroxyl groups is 3. The molecule has 0 bridgehead atoms. The number of nitrogens with one attached hydrogen (secondary N) is 4.